The van der Waals surface area contributed by atoms with E-state index in [-0.39, 0.29) is 11.0 Å². The Kier molecular flexibility index (Phi) is 3.30. The normalized spacial score (nSPS) is 10.5. The van der Waals surface area contributed by atoms with Crippen LogP contribution >= 0.6 is 11.6 Å². The number of halogens is 2. The zero-order valence-corrected chi connectivity index (χ0v) is 10.8. The number of rotatable bonds is 3. The van der Waals surface area contributed by atoms with Crippen molar-refractivity contribution in [3.8, 4) is 17.4 Å². The van der Waals surface area contributed by atoms with Crippen LogP contribution in [0.2, 0.25) is 5.02 Å². The van der Waals surface area contributed by atoms with Crippen LogP contribution in [-0.2, 0) is 0 Å². The predicted octanol–water partition coefficient (Wildman–Crippen LogP) is 3.25. The van der Waals surface area contributed by atoms with Crippen molar-refractivity contribution in [2.45, 2.75) is 0 Å². The third-order valence-electron chi connectivity index (χ3n) is 2.54. The van der Waals surface area contributed by atoms with Gasteiger partial charge in [-0.25, -0.2) is 4.39 Å². The maximum absolute atomic E-state index is 13.1. The summed E-state index contributed by atoms with van der Waals surface area (Å²) in [7, 11) is 0. The Morgan fingerprint density at radius 2 is 1.90 bits per heavy atom. The number of para-hydroxylation sites is 1. The van der Waals surface area contributed by atoms with E-state index < -0.39 is 5.82 Å². The standard InChI is InChI=1S/C13H8ClFN4O/c14-11-8-10(6-7-12(11)15)20-13-16-17-18-19(13)9-4-2-1-3-5-9/h1-8H. The van der Waals surface area contributed by atoms with Gasteiger partial charge in [0.25, 0.3) is 0 Å². The summed E-state index contributed by atoms with van der Waals surface area (Å²) in [6, 6.07) is 13.5. The summed E-state index contributed by atoms with van der Waals surface area (Å²) in [4.78, 5) is 0. The van der Waals surface area contributed by atoms with E-state index in [1.54, 1.807) is 0 Å². The molecule has 0 aliphatic heterocycles. The third kappa shape index (κ3) is 2.46. The van der Waals surface area contributed by atoms with Gasteiger partial charge in [-0.2, -0.15) is 4.68 Å². The van der Waals surface area contributed by atoms with Crippen molar-refractivity contribution in [3.05, 3.63) is 59.4 Å². The van der Waals surface area contributed by atoms with Gasteiger partial charge in [0.05, 0.1) is 10.7 Å². The molecule has 0 N–H and O–H groups in total. The lowest BCUT2D eigenvalue weighted by Gasteiger charge is -2.06. The van der Waals surface area contributed by atoms with E-state index in [4.69, 9.17) is 16.3 Å². The minimum absolute atomic E-state index is 0.0266. The average Bonchev–Trinajstić information content (AvgIpc) is 2.92. The van der Waals surface area contributed by atoms with Crippen molar-refractivity contribution in [3.63, 3.8) is 0 Å². The average molecular weight is 291 g/mol. The van der Waals surface area contributed by atoms with Crippen molar-refractivity contribution < 1.29 is 9.13 Å². The lowest BCUT2D eigenvalue weighted by molar-refractivity contribution is 0.426. The summed E-state index contributed by atoms with van der Waals surface area (Å²) in [5, 5.41) is 11.2. The molecule has 0 aliphatic carbocycles. The lowest BCUT2D eigenvalue weighted by atomic mass is 10.3. The van der Waals surface area contributed by atoms with Crippen molar-refractivity contribution >= 4 is 11.6 Å². The highest BCUT2D eigenvalue weighted by Gasteiger charge is 2.11. The Hall–Kier alpha value is -2.47. The first-order chi connectivity index (χ1) is 9.74. The minimum Gasteiger partial charge on any atom is -0.423 e. The van der Waals surface area contributed by atoms with Crippen LogP contribution in [0.15, 0.2) is 48.5 Å². The van der Waals surface area contributed by atoms with E-state index in [1.807, 2.05) is 30.3 Å². The van der Waals surface area contributed by atoms with Crippen molar-refractivity contribution in [1.82, 2.24) is 20.2 Å². The maximum atomic E-state index is 13.1. The molecule has 0 unspecified atom stereocenters. The number of hydrogen-bond donors (Lipinski definition) is 0. The summed E-state index contributed by atoms with van der Waals surface area (Å²) in [5.41, 5.74) is 0.751. The highest BCUT2D eigenvalue weighted by molar-refractivity contribution is 6.30. The fourth-order valence-electron chi connectivity index (χ4n) is 1.62. The number of aromatic nitrogens is 4. The highest BCUT2D eigenvalue weighted by Crippen LogP contribution is 2.25. The second kappa shape index (κ2) is 5.26. The number of tetrazole rings is 1. The van der Waals surface area contributed by atoms with E-state index in [0.717, 1.165) is 5.69 Å². The molecule has 0 aliphatic rings. The van der Waals surface area contributed by atoms with Gasteiger partial charge in [0.15, 0.2) is 0 Å². The molecule has 0 saturated heterocycles. The molecule has 3 aromatic rings. The Morgan fingerprint density at radius 1 is 1.10 bits per heavy atom. The molecule has 0 amide bonds. The van der Waals surface area contributed by atoms with E-state index in [2.05, 4.69) is 15.5 Å². The molecule has 0 atom stereocenters. The van der Waals surface area contributed by atoms with Crippen LogP contribution in [0.3, 0.4) is 0 Å². The van der Waals surface area contributed by atoms with Gasteiger partial charge in [-0.1, -0.05) is 34.9 Å². The molecule has 1 heterocycles. The number of nitrogens with zero attached hydrogens (tertiary/aromatic N) is 4. The van der Waals surface area contributed by atoms with E-state index in [0.29, 0.717) is 5.75 Å². The molecule has 0 radical (unpaired) electrons. The van der Waals surface area contributed by atoms with Gasteiger partial charge >= 0.3 is 6.01 Å². The maximum Gasteiger partial charge on any atom is 0.345 e. The van der Waals surface area contributed by atoms with Crippen LogP contribution in [0.1, 0.15) is 0 Å². The molecule has 0 fully saturated rings. The van der Waals surface area contributed by atoms with Crippen LogP contribution in [0.25, 0.3) is 5.69 Å². The zero-order valence-electron chi connectivity index (χ0n) is 10.1. The summed E-state index contributed by atoms with van der Waals surface area (Å²) in [5.74, 6) is -0.162. The molecule has 2 aromatic carbocycles. The topological polar surface area (TPSA) is 52.8 Å². The number of hydrogen-bond acceptors (Lipinski definition) is 4. The zero-order chi connectivity index (χ0) is 13.9. The molecule has 7 heteroatoms. The lowest BCUT2D eigenvalue weighted by Crippen LogP contribution is -2.00. The van der Waals surface area contributed by atoms with Gasteiger partial charge in [0.1, 0.15) is 11.6 Å². The summed E-state index contributed by atoms with van der Waals surface area (Å²) >= 11 is 5.70. The fraction of sp³-hybridized carbons (Fsp3) is 0. The fourth-order valence-corrected chi connectivity index (χ4v) is 1.79. The van der Waals surface area contributed by atoms with Crippen LogP contribution in [0.5, 0.6) is 11.8 Å². The molecule has 3 rings (SSSR count). The predicted molar refractivity (Wildman–Crippen MR) is 70.6 cm³/mol. The number of ether oxygens (including phenoxy) is 1. The molecular formula is C13H8ClFN4O. The van der Waals surface area contributed by atoms with E-state index >= 15 is 0 Å². The van der Waals surface area contributed by atoms with Gasteiger partial charge in [0.2, 0.25) is 0 Å². The van der Waals surface area contributed by atoms with Crippen LogP contribution in [0, 0.1) is 5.82 Å². The van der Waals surface area contributed by atoms with Crippen LogP contribution in [-0.4, -0.2) is 20.2 Å². The summed E-state index contributed by atoms with van der Waals surface area (Å²) in [6.45, 7) is 0. The van der Waals surface area contributed by atoms with Gasteiger partial charge < -0.3 is 4.74 Å². The first-order valence-corrected chi connectivity index (χ1v) is 6.08. The van der Waals surface area contributed by atoms with Crippen LogP contribution in [0.4, 0.5) is 4.39 Å². The molecule has 0 bridgehead atoms. The SMILES string of the molecule is Fc1ccc(Oc2nnnn2-c2ccccc2)cc1Cl. The second-order valence-electron chi connectivity index (χ2n) is 3.89. The minimum atomic E-state index is -0.512. The first-order valence-electron chi connectivity index (χ1n) is 5.71. The first kappa shape index (κ1) is 12.6. The van der Waals surface area contributed by atoms with Gasteiger partial charge in [-0.3, -0.25) is 0 Å². The largest absolute Gasteiger partial charge is 0.423 e. The molecule has 5 nitrogen and oxygen atoms in total. The Labute approximate surface area is 118 Å². The van der Waals surface area contributed by atoms with Gasteiger partial charge in [-0.15, -0.1) is 0 Å². The highest BCUT2D eigenvalue weighted by atomic mass is 35.5. The summed E-state index contributed by atoms with van der Waals surface area (Å²) < 4.78 is 20.0. The van der Waals surface area contributed by atoms with E-state index in [9.17, 15) is 4.39 Å². The molecule has 1 aromatic heterocycles. The van der Waals surface area contributed by atoms with Crippen molar-refractivity contribution in [1.29, 1.82) is 0 Å². The third-order valence-corrected chi connectivity index (χ3v) is 2.83. The Morgan fingerprint density at radius 3 is 2.65 bits per heavy atom. The Bertz CT molecular complexity index is 732. The smallest absolute Gasteiger partial charge is 0.345 e. The second-order valence-corrected chi connectivity index (χ2v) is 4.29. The Balaban J connectivity index is 1.92. The number of benzene rings is 2. The molecule has 100 valence electrons. The summed E-state index contributed by atoms with van der Waals surface area (Å²) in [6.07, 6.45) is 0. The molecule has 0 spiro atoms. The van der Waals surface area contributed by atoms with Crippen molar-refractivity contribution in [2.24, 2.45) is 0 Å². The van der Waals surface area contributed by atoms with Crippen molar-refractivity contribution in [2.75, 3.05) is 0 Å². The van der Waals surface area contributed by atoms with Gasteiger partial charge in [-0.05, 0) is 34.7 Å². The quantitative estimate of drug-likeness (QED) is 0.743. The van der Waals surface area contributed by atoms with E-state index in [1.165, 1.54) is 22.9 Å². The van der Waals surface area contributed by atoms with Gasteiger partial charge in [0, 0.05) is 6.07 Å². The molecule has 20 heavy (non-hydrogen) atoms. The molecule has 0 saturated carbocycles. The van der Waals surface area contributed by atoms with Crippen LogP contribution < -0.4 is 4.74 Å². The molecular weight excluding hydrogens is 283 g/mol. The monoisotopic (exact) mass is 290 g/mol.